The Bertz CT molecular complexity index is 2910. The lowest BCUT2D eigenvalue weighted by Crippen LogP contribution is -2.00. The van der Waals surface area contributed by atoms with Crippen LogP contribution in [-0.4, -0.2) is 19.9 Å². The molecule has 0 saturated heterocycles. The van der Waals surface area contributed by atoms with Crippen molar-refractivity contribution in [2.45, 2.75) is 0 Å². The Labute approximate surface area is 325 Å². The van der Waals surface area contributed by atoms with E-state index < -0.39 is 0 Å². The molecule has 2 aromatic heterocycles. The summed E-state index contributed by atoms with van der Waals surface area (Å²) in [5.74, 6) is 1.93. The third kappa shape index (κ3) is 6.29. The highest BCUT2D eigenvalue weighted by atomic mass is 15.0. The van der Waals surface area contributed by atoms with Crippen molar-refractivity contribution in [1.29, 1.82) is 0 Å². The molecule has 0 saturated carbocycles. The van der Waals surface area contributed by atoms with Crippen LogP contribution in [0.3, 0.4) is 0 Å². The van der Waals surface area contributed by atoms with E-state index in [-0.39, 0.29) is 0 Å². The summed E-state index contributed by atoms with van der Waals surface area (Å²) >= 11 is 0. The van der Waals surface area contributed by atoms with E-state index in [1.165, 1.54) is 27.6 Å². The highest BCUT2D eigenvalue weighted by Gasteiger charge is 2.17. The number of nitrogens with zero attached hydrogens (tertiary/aromatic N) is 4. The van der Waals surface area contributed by atoms with Gasteiger partial charge in [-0.15, -0.1) is 0 Å². The van der Waals surface area contributed by atoms with E-state index in [1.54, 1.807) is 0 Å². The van der Waals surface area contributed by atoms with Crippen LogP contribution in [0.5, 0.6) is 0 Å². The van der Waals surface area contributed by atoms with Gasteiger partial charge < -0.3 is 0 Å². The molecule has 0 atom stereocenters. The molecular formula is C52H34N4. The predicted octanol–water partition coefficient (Wildman–Crippen LogP) is 13.2. The van der Waals surface area contributed by atoms with Crippen LogP contribution < -0.4 is 0 Å². The summed E-state index contributed by atoms with van der Waals surface area (Å²) in [4.78, 5) is 20.1. The summed E-state index contributed by atoms with van der Waals surface area (Å²) in [6.07, 6.45) is 0. The molecule has 4 heteroatoms. The number of fused-ring (bicyclic) bond motifs is 3. The molecule has 56 heavy (non-hydrogen) atoms. The molecule has 10 aromatic rings. The summed E-state index contributed by atoms with van der Waals surface area (Å²) in [5.41, 5.74) is 12.8. The summed E-state index contributed by atoms with van der Waals surface area (Å²) in [6.45, 7) is 0. The van der Waals surface area contributed by atoms with Gasteiger partial charge in [0.15, 0.2) is 17.5 Å². The summed E-state index contributed by atoms with van der Waals surface area (Å²) in [5, 5.41) is 3.43. The highest BCUT2D eigenvalue weighted by Crippen LogP contribution is 2.40. The average molecular weight is 715 g/mol. The number of rotatable bonds is 7. The SMILES string of the molecule is c1ccc(-c2ccc(-c3nc4ccc(-c5ccc(-c6nc(-c7ccccc7)nc(-c7ccccc7)n6)cc5)cc4c4c(-c5ccccc5)cccc34)cc2)cc1. The average Bonchev–Trinajstić information content (AvgIpc) is 3.29. The van der Waals surface area contributed by atoms with Gasteiger partial charge in [-0.25, -0.2) is 19.9 Å². The minimum Gasteiger partial charge on any atom is -0.247 e. The van der Waals surface area contributed by atoms with Gasteiger partial charge in [-0.05, 0) is 45.5 Å². The number of benzene rings is 8. The van der Waals surface area contributed by atoms with E-state index in [9.17, 15) is 0 Å². The van der Waals surface area contributed by atoms with Crippen molar-refractivity contribution in [3.8, 4) is 78.8 Å². The first kappa shape index (κ1) is 33.0. The van der Waals surface area contributed by atoms with Crippen LogP contribution in [0.4, 0.5) is 0 Å². The van der Waals surface area contributed by atoms with E-state index in [0.717, 1.165) is 55.4 Å². The smallest absolute Gasteiger partial charge is 0.164 e. The van der Waals surface area contributed by atoms with Crippen molar-refractivity contribution in [1.82, 2.24) is 19.9 Å². The van der Waals surface area contributed by atoms with Gasteiger partial charge in [-0.3, -0.25) is 0 Å². The molecule has 0 aliphatic carbocycles. The van der Waals surface area contributed by atoms with Crippen molar-refractivity contribution in [3.63, 3.8) is 0 Å². The fourth-order valence-electron chi connectivity index (χ4n) is 7.51. The molecule has 0 aliphatic rings. The largest absolute Gasteiger partial charge is 0.247 e. The fourth-order valence-corrected chi connectivity index (χ4v) is 7.51. The molecule has 0 amide bonds. The Morgan fingerprint density at radius 1 is 0.250 bits per heavy atom. The van der Waals surface area contributed by atoms with Crippen LogP contribution in [0, 0.1) is 0 Å². The van der Waals surface area contributed by atoms with Gasteiger partial charge in [0.2, 0.25) is 0 Å². The summed E-state index contributed by atoms with van der Waals surface area (Å²) < 4.78 is 0. The molecule has 262 valence electrons. The van der Waals surface area contributed by atoms with E-state index in [0.29, 0.717) is 17.5 Å². The van der Waals surface area contributed by atoms with Gasteiger partial charge in [0.1, 0.15) is 0 Å². The lowest BCUT2D eigenvalue weighted by Gasteiger charge is -2.15. The van der Waals surface area contributed by atoms with E-state index >= 15 is 0 Å². The molecule has 0 spiro atoms. The van der Waals surface area contributed by atoms with Gasteiger partial charge in [0.25, 0.3) is 0 Å². The Morgan fingerprint density at radius 2 is 0.661 bits per heavy atom. The van der Waals surface area contributed by atoms with Gasteiger partial charge in [-0.2, -0.15) is 0 Å². The lowest BCUT2D eigenvalue weighted by molar-refractivity contribution is 1.07. The van der Waals surface area contributed by atoms with Crippen LogP contribution in [0.25, 0.3) is 100 Å². The minimum absolute atomic E-state index is 0.634. The second-order valence-corrected chi connectivity index (χ2v) is 13.8. The molecule has 0 unspecified atom stereocenters. The van der Waals surface area contributed by atoms with Gasteiger partial charge in [0.05, 0.1) is 11.2 Å². The number of hydrogen-bond donors (Lipinski definition) is 0. The third-order valence-corrected chi connectivity index (χ3v) is 10.3. The maximum absolute atomic E-state index is 5.34. The minimum atomic E-state index is 0.634. The Kier molecular flexibility index (Phi) is 8.47. The number of pyridine rings is 1. The lowest BCUT2D eigenvalue weighted by atomic mass is 9.91. The van der Waals surface area contributed by atoms with Crippen LogP contribution in [0.1, 0.15) is 0 Å². The first-order chi connectivity index (χ1) is 27.7. The van der Waals surface area contributed by atoms with Crippen LogP contribution in [-0.2, 0) is 0 Å². The normalized spacial score (nSPS) is 11.2. The molecule has 0 N–H and O–H groups in total. The van der Waals surface area contributed by atoms with Crippen LogP contribution >= 0.6 is 0 Å². The van der Waals surface area contributed by atoms with E-state index in [2.05, 4.69) is 140 Å². The zero-order chi connectivity index (χ0) is 37.3. The Morgan fingerprint density at radius 3 is 1.21 bits per heavy atom. The first-order valence-corrected chi connectivity index (χ1v) is 18.8. The Hall–Kier alpha value is -7.56. The van der Waals surface area contributed by atoms with Crippen molar-refractivity contribution in [2.24, 2.45) is 0 Å². The van der Waals surface area contributed by atoms with Crippen molar-refractivity contribution in [2.75, 3.05) is 0 Å². The fraction of sp³-hybridized carbons (Fsp3) is 0. The summed E-state index contributed by atoms with van der Waals surface area (Å²) in [6, 6.07) is 71.8. The monoisotopic (exact) mass is 714 g/mol. The standard InChI is InChI=1S/C52H34N4/c1-5-14-35(15-6-1)36-24-28-39(29-25-36)49-45-23-13-22-44(38-16-7-2-8-17-38)48(45)46-34-43(32-33-47(46)53-49)37-26-30-42(31-27-37)52-55-50(40-18-9-3-10-19-40)54-51(56-52)41-20-11-4-12-21-41/h1-34H. The van der Waals surface area contributed by atoms with Gasteiger partial charge >= 0.3 is 0 Å². The quantitative estimate of drug-likeness (QED) is 0.154. The molecule has 0 fully saturated rings. The maximum Gasteiger partial charge on any atom is 0.164 e. The molecule has 0 aliphatic heterocycles. The predicted molar refractivity (Wildman–Crippen MR) is 231 cm³/mol. The topological polar surface area (TPSA) is 51.6 Å². The Balaban J connectivity index is 1.08. The van der Waals surface area contributed by atoms with Gasteiger partial charge in [0, 0.05) is 38.4 Å². The molecule has 10 rings (SSSR count). The van der Waals surface area contributed by atoms with Crippen LogP contribution in [0.15, 0.2) is 206 Å². The molecule has 0 bridgehead atoms. The first-order valence-electron chi connectivity index (χ1n) is 18.8. The zero-order valence-corrected chi connectivity index (χ0v) is 30.4. The number of aromatic nitrogens is 4. The highest BCUT2D eigenvalue weighted by molar-refractivity contribution is 6.17. The molecule has 0 radical (unpaired) electrons. The molecule has 4 nitrogen and oxygen atoms in total. The van der Waals surface area contributed by atoms with Crippen molar-refractivity contribution >= 4 is 21.7 Å². The molecular weight excluding hydrogens is 681 g/mol. The van der Waals surface area contributed by atoms with Crippen LogP contribution in [0.2, 0.25) is 0 Å². The molecule has 8 aromatic carbocycles. The summed E-state index contributed by atoms with van der Waals surface area (Å²) in [7, 11) is 0. The second kappa shape index (κ2) is 14.3. The second-order valence-electron chi connectivity index (χ2n) is 13.8. The van der Waals surface area contributed by atoms with E-state index in [1.807, 2.05) is 66.7 Å². The molecule has 2 heterocycles. The number of hydrogen-bond acceptors (Lipinski definition) is 4. The van der Waals surface area contributed by atoms with E-state index in [4.69, 9.17) is 19.9 Å². The van der Waals surface area contributed by atoms with Gasteiger partial charge in [-0.1, -0.05) is 194 Å². The van der Waals surface area contributed by atoms with Crippen molar-refractivity contribution < 1.29 is 0 Å². The van der Waals surface area contributed by atoms with Crippen molar-refractivity contribution in [3.05, 3.63) is 206 Å². The zero-order valence-electron chi connectivity index (χ0n) is 30.4. The maximum atomic E-state index is 5.34. The third-order valence-electron chi connectivity index (χ3n) is 10.3.